The van der Waals surface area contributed by atoms with Gasteiger partial charge in [-0.3, -0.25) is 9.50 Å². The highest BCUT2D eigenvalue weighted by Gasteiger charge is 2.09. The topological polar surface area (TPSA) is 167 Å². The summed E-state index contributed by atoms with van der Waals surface area (Å²) < 4.78 is 8.88. The van der Waals surface area contributed by atoms with Crippen LogP contribution in [-0.4, -0.2) is 38.3 Å². The van der Waals surface area contributed by atoms with Crippen molar-refractivity contribution in [1.29, 1.82) is 0 Å². The van der Waals surface area contributed by atoms with Gasteiger partial charge in [0.2, 0.25) is 0 Å². The molecule has 0 bridgehead atoms. The molecule has 0 fully saturated rings. The Hall–Kier alpha value is -0.570. The van der Waals surface area contributed by atoms with Crippen molar-refractivity contribution in [3.8, 4) is 0 Å². The van der Waals surface area contributed by atoms with Crippen LogP contribution < -0.4 is 11.5 Å². The summed E-state index contributed by atoms with van der Waals surface area (Å²) in [6.45, 7) is 0.604. The fraction of sp³-hybridized carbons (Fsp3) is 0.833. The minimum Gasteiger partial charge on any atom is -0.480 e. The van der Waals surface area contributed by atoms with Crippen molar-refractivity contribution in [1.82, 2.24) is 0 Å². The van der Waals surface area contributed by atoms with E-state index in [0.717, 1.165) is 12.8 Å². The van der Waals surface area contributed by atoms with Gasteiger partial charge < -0.3 is 31.3 Å². The SMILES string of the molecule is F.NCCCC[C@H](N)C(=O)O.O=P(O)(O)O. The van der Waals surface area contributed by atoms with Crippen LogP contribution in [0.4, 0.5) is 4.70 Å². The predicted octanol–water partition coefficient (Wildman–Crippen LogP) is -1.25. The number of nitrogens with two attached hydrogens (primary N) is 2. The third kappa shape index (κ3) is 29.2. The van der Waals surface area contributed by atoms with Crippen LogP contribution in [0.25, 0.3) is 0 Å². The quantitative estimate of drug-likeness (QED) is 0.264. The van der Waals surface area contributed by atoms with Gasteiger partial charge in [0, 0.05) is 0 Å². The van der Waals surface area contributed by atoms with Crippen LogP contribution in [0.2, 0.25) is 0 Å². The van der Waals surface area contributed by atoms with Gasteiger partial charge in [0.05, 0.1) is 0 Å². The van der Waals surface area contributed by atoms with Gasteiger partial charge in [0.25, 0.3) is 0 Å². The molecule has 0 heterocycles. The van der Waals surface area contributed by atoms with Crippen molar-refractivity contribution >= 4 is 13.8 Å². The largest absolute Gasteiger partial charge is 0.480 e. The number of carboxylic acids is 1. The Kier molecular flexibility index (Phi) is 14.2. The summed E-state index contributed by atoms with van der Waals surface area (Å²) in [5.74, 6) is -0.933. The molecular weight excluding hydrogens is 246 g/mol. The van der Waals surface area contributed by atoms with E-state index in [1.165, 1.54) is 0 Å². The van der Waals surface area contributed by atoms with E-state index in [1.807, 2.05) is 0 Å². The van der Waals surface area contributed by atoms with Crippen LogP contribution in [-0.2, 0) is 9.36 Å². The lowest BCUT2D eigenvalue weighted by Crippen LogP contribution is -2.29. The lowest BCUT2D eigenvalue weighted by atomic mass is 10.1. The fourth-order valence-corrected chi connectivity index (χ4v) is 0.632. The number of hydrogen-bond donors (Lipinski definition) is 6. The normalized spacial score (nSPS) is 11.8. The lowest BCUT2D eigenvalue weighted by Gasteiger charge is -2.03. The van der Waals surface area contributed by atoms with Gasteiger partial charge in [-0.25, -0.2) is 4.57 Å². The van der Waals surface area contributed by atoms with Gasteiger partial charge >= 0.3 is 13.8 Å². The Morgan fingerprint density at radius 1 is 1.25 bits per heavy atom. The molecule has 0 rings (SSSR count). The first-order valence-electron chi connectivity index (χ1n) is 4.15. The number of hydrogen-bond acceptors (Lipinski definition) is 4. The molecule has 0 aliphatic carbocycles. The molecule has 100 valence electrons. The van der Waals surface area contributed by atoms with Gasteiger partial charge in [0.1, 0.15) is 6.04 Å². The summed E-state index contributed by atoms with van der Waals surface area (Å²) in [6, 6.07) is -0.716. The lowest BCUT2D eigenvalue weighted by molar-refractivity contribution is -0.138. The maximum Gasteiger partial charge on any atom is 0.466 e. The predicted molar refractivity (Wildman–Crippen MR) is 55.3 cm³/mol. The Labute approximate surface area is 91.9 Å². The van der Waals surface area contributed by atoms with Crippen molar-refractivity contribution in [2.24, 2.45) is 11.5 Å². The number of aliphatic carboxylic acids is 1. The standard InChI is InChI=1S/C6H14N2O2.FH.H3O4P/c7-4-2-1-3-5(8)6(9)10;;1-5(2,3)4/h5H,1-4,7-8H2,(H,9,10);1H;(H3,1,2,3,4)/t5-;;/m0../s1. The van der Waals surface area contributed by atoms with E-state index in [9.17, 15) is 4.79 Å². The summed E-state index contributed by atoms with van der Waals surface area (Å²) in [5.41, 5.74) is 10.4. The van der Waals surface area contributed by atoms with Crippen LogP contribution in [0.15, 0.2) is 0 Å². The number of rotatable bonds is 5. The summed E-state index contributed by atoms with van der Waals surface area (Å²) >= 11 is 0. The smallest absolute Gasteiger partial charge is 0.466 e. The molecule has 10 heteroatoms. The van der Waals surface area contributed by atoms with Gasteiger partial charge in [-0.2, -0.15) is 0 Å². The molecule has 0 aliphatic heterocycles. The van der Waals surface area contributed by atoms with Gasteiger partial charge in [-0.1, -0.05) is 6.42 Å². The number of carboxylic acid groups (broad SMARTS) is 1. The van der Waals surface area contributed by atoms with Crippen LogP contribution in [0.3, 0.4) is 0 Å². The van der Waals surface area contributed by atoms with E-state index in [2.05, 4.69) is 0 Å². The Bertz CT molecular complexity index is 215. The molecule has 0 spiro atoms. The van der Waals surface area contributed by atoms with Crippen LogP contribution in [0, 0.1) is 0 Å². The average molecular weight is 264 g/mol. The monoisotopic (exact) mass is 264 g/mol. The van der Waals surface area contributed by atoms with Gasteiger partial charge in [-0.15, -0.1) is 0 Å². The number of phosphoric acid groups is 1. The fourth-order valence-electron chi connectivity index (χ4n) is 0.632. The van der Waals surface area contributed by atoms with E-state index in [1.54, 1.807) is 0 Å². The first-order valence-corrected chi connectivity index (χ1v) is 5.71. The highest BCUT2D eigenvalue weighted by atomic mass is 31.2. The van der Waals surface area contributed by atoms with Crippen molar-refractivity contribution in [2.45, 2.75) is 25.3 Å². The minimum absolute atomic E-state index is 0. The molecule has 0 aromatic rings. The van der Waals surface area contributed by atoms with E-state index in [4.69, 9.17) is 35.8 Å². The summed E-state index contributed by atoms with van der Waals surface area (Å²) in [4.78, 5) is 31.7. The van der Waals surface area contributed by atoms with Crippen LogP contribution >= 0.6 is 7.82 Å². The molecule has 0 aliphatic rings. The Morgan fingerprint density at radius 2 is 1.62 bits per heavy atom. The molecule has 0 saturated carbocycles. The van der Waals surface area contributed by atoms with Crippen molar-refractivity contribution in [3.05, 3.63) is 0 Å². The molecular formula is C6H18FN2O6P. The zero-order valence-corrected chi connectivity index (χ0v) is 9.42. The second kappa shape index (κ2) is 10.9. The first kappa shape index (κ1) is 20.8. The number of unbranched alkanes of at least 4 members (excludes halogenated alkanes) is 1. The first-order chi connectivity index (χ1) is 6.68. The maximum atomic E-state index is 10.1. The highest BCUT2D eigenvalue weighted by molar-refractivity contribution is 7.45. The molecule has 0 aromatic heterocycles. The molecule has 0 saturated heterocycles. The Morgan fingerprint density at radius 3 is 1.88 bits per heavy atom. The van der Waals surface area contributed by atoms with Gasteiger partial charge in [0.15, 0.2) is 0 Å². The molecule has 0 unspecified atom stereocenters. The van der Waals surface area contributed by atoms with Gasteiger partial charge in [-0.05, 0) is 19.4 Å². The minimum atomic E-state index is -4.64. The zero-order valence-electron chi connectivity index (χ0n) is 8.52. The van der Waals surface area contributed by atoms with Crippen molar-refractivity contribution in [2.75, 3.05) is 6.54 Å². The highest BCUT2D eigenvalue weighted by Crippen LogP contribution is 2.25. The molecule has 16 heavy (non-hydrogen) atoms. The van der Waals surface area contributed by atoms with E-state index < -0.39 is 19.8 Å². The third-order valence-electron chi connectivity index (χ3n) is 1.29. The molecule has 0 amide bonds. The van der Waals surface area contributed by atoms with E-state index in [-0.39, 0.29) is 4.70 Å². The summed E-state index contributed by atoms with van der Waals surface area (Å²) in [5, 5.41) is 8.33. The Balaban J connectivity index is -0.000000242. The van der Waals surface area contributed by atoms with Crippen LogP contribution in [0.1, 0.15) is 19.3 Å². The molecule has 0 radical (unpaired) electrons. The average Bonchev–Trinajstić information content (AvgIpc) is 2.01. The maximum absolute atomic E-state index is 10.1. The molecule has 8 N–H and O–H groups in total. The zero-order chi connectivity index (χ0) is 12.5. The number of halogens is 1. The number of carbonyl (C=O) groups is 1. The second-order valence-electron chi connectivity index (χ2n) is 2.74. The third-order valence-corrected chi connectivity index (χ3v) is 1.29. The summed E-state index contributed by atoms with van der Waals surface area (Å²) in [6.07, 6.45) is 2.16. The molecule has 1 atom stereocenters. The second-order valence-corrected chi connectivity index (χ2v) is 3.77. The van der Waals surface area contributed by atoms with E-state index in [0.29, 0.717) is 13.0 Å². The van der Waals surface area contributed by atoms with E-state index >= 15 is 0 Å². The molecule has 0 aromatic carbocycles. The summed E-state index contributed by atoms with van der Waals surface area (Å²) in [7, 11) is -4.64. The van der Waals surface area contributed by atoms with Crippen molar-refractivity contribution in [3.63, 3.8) is 0 Å². The van der Waals surface area contributed by atoms with Crippen LogP contribution in [0.5, 0.6) is 0 Å². The molecule has 8 nitrogen and oxygen atoms in total. The van der Waals surface area contributed by atoms with Crippen molar-refractivity contribution < 1.29 is 33.9 Å².